The minimum Gasteiger partial charge on any atom is -0.338 e. The van der Waals surface area contributed by atoms with Crippen LogP contribution >= 0.6 is 0 Å². The first-order valence-corrected chi connectivity index (χ1v) is 9.98. The molecule has 6 heteroatoms. The van der Waals surface area contributed by atoms with E-state index in [4.69, 9.17) is 4.52 Å². The molecule has 1 N–H and O–H groups in total. The van der Waals surface area contributed by atoms with E-state index in [-0.39, 0.29) is 5.91 Å². The highest BCUT2D eigenvalue weighted by molar-refractivity contribution is 5.91. The van der Waals surface area contributed by atoms with Crippen molar-refractivity contribution in [3.63, 3.8) is 0 Å². The molecule has 150 valence electrons. The Labute approximate surface area is 171 Å². The summed E-state index contributed by atoms with van der Waals surface area (Å²) in [5.74, 6) is 0.307. The largest absolute Gasteiger partial charge is 0.338 e. The second-order valence-electron chi connectivity index (χ2n) is 7.53. The molecule has 0 radical (unpaired) electrons. The van der Waals surface area contributed by atoms with Crippen molar-refractivity contribution in [2.45, 2.75) is 13.5 Å². The van der Waals surface area contributed by atoms with Crippen molar-refractivity contribution in [3.8, 4) is 11.3 Å². The standard InChI is InChI=1S/C23H26N4O2/c1-18-7-9-20(10-8-18)21-15-23(29-25-21)24-22(28)17-27-13-11-26(12-14-27)16-19-5-3-2-4-6-19/h2-10,15H,11-14,16-17H2,1H3,(H,24,28). The first kappa shape index (κ1) is 19.4. The van der Waals surface area contributed by atoms with Crippen LogP contribution in [-0.2, 0) is 11.3 Å². The number of amides is 1. The summed E-state index contributed by atoms with van der Waals surface area (Å²) in [5.41, 5.74) is 4.20. The second kappa shape index (κ2) is 9.03. The van der Waals surface area contributed by atoms with Crippen LogP contribution in [0.15, 0.2) is 65.2 Å². The summed E-state index contributed by atoms with van der Waals surface area (Å²) in [6.07, 6.45) is 0. The molecule has 29 heavy (non-hydrogen) atoms. The number of nitrogens with one attached hydrogen (secondary N) is 1. The average molecular weight is 390 g/mol. The van der Waals surface area contributed by atoms with Gasteiger partial charge in [0.05, 0.1) is 6.54 Å². The quantitative estimate of drug-likeness (QED) is 0.699. The molecule has 0 spiro atoms. The Bertz CT molecular complexity index is 929. The van der Waals surface area contributed by atoms with E-state index >= 15 is 0 Å². The Morgan fingerprint density at radius 3 is 2.41 bits per heavy atom. The van der Waals surface area contributed by atoms with E-state index in [0.29, 0.717) is 12.4 Å². The van der Waals surface area contributed by atoms with Crippen LogP contribution in [0.25, 0.3) is 11.3 Å². The molecule has 0 atom stereocenters. The lowest BCUT2D eigenvalue weighted by molar-refractivity contribution is -0.117. The normalized spacial score (nSPS) is 15.3. The summed E-state index contributed by atoms with van der Waals surface area (Å²) in [6.45, 7) is 7.04. The second-order valence-corrected chi connectivity index (χ2v) is 7.53. The van der Waals surface area contributed by atoms with Crippen LogP contribution in [0.3, 0.4) is 0 Å². The number of nitrogens with zero attached hydrogens (tertiary/aromatic N) is 3. The van der Waals surface area contributed by atoms with Crippen molar-refractivity contribution in [3.05, 3.63) is 71.8 Å². The number of hydrogen-bond donors (Lipinski definition) is 1. The van der Waals surface area contributed by atoms with E-state index in [1.807, 2.05) is 37.3 Å². The summed E-state index contributed by atoms with van der Waals surface area (Å²) in [5, 5.41) is 6.87. The first-order valence-electron chi connectivity index (χ1n) is 9.98. The molecule has 1 aromatic heterocycles. The Balaban J connectivity index is 1.24. The van der Waals surface area contributed by atoms with E-state index in [9.17, 15) is 4.79 Å². The van der Waals surface area contributed by atoms with Crippen LogP contribution in [0.4, 0.5) is 5.88 Å². The van der Waals surface area contributed by atoms with Gasteiger partial charge in [0.15, 0.2) is 0 Å². The van der Waals surface area contributed by atoms with E-state index in [1.54, 1.807) is 6.07 Å². The average Bonchev–Trinajstić information content (AvgIpc) is 3.19. The molecule has 6 nitrogen and oxygen atoms in total. The lowest BCUT2D eigenvalue weighted by Gasteiger charge is -2.34. The zero-order valence-electron chi connectivity index (χ0n) is 16.7. The fraction of sp³-hybridized carbons (Fsp3) is 0.304. The zero-order valence-corrected chi connectivity index (χ0v) is 16.7. The fourth-order valence-electron chi connectivity index (χ4n) is 3.52. The molecule has 0 unspecified atom stereocenters. The Kier molecular flexibility index (Phi) is 6.03. The predicted molar refractivity (Wildman–Crippen MR) is 113 cm³/mol. The molecule has 1 saturated heterocycles. The third-order valence-electron chi connectivity index (χ3n) is 5.20. The number of anilines is 1. The number of carbonyl (C=O) groups is 1. The van der Waals surface area contributed by atoms with E-state index in [2.05, 4.69) is 44.5 Å². The minimum atomic E-state index is -0.0758. The molecule has 2 heterocycles. The summed E-state index contributed by atoms with van der Waals surface area (Å²) >= 11 is 0. The maximum Gasteiger partial charge on any atom is 0.240 e. The number of hydrogen-bond acceptors (Lipinski definition) is 5. The maximum atomic E-state index is 12.4. The molecule has 0 aliphatic carbocycles. The van der Waals surface area contributed by atoms with Crippen LogP contribution in [0.1, 0.15) is 11.1 Å². The highest BCUT2D eigenvalue weighted by Crippen LogP contribution is 2.22. The van der Waals surface area contributed by atoms with Crippen LogP contribution in [0.5, 0.6) is 0 Å². The maximum absolute atomic E-state index is 12.4. The number of carbonyl (C=O) groups excluding carboxylic acids is 1. The molecular weight excluding hydrogens is 364 g/mol. The molecule has 4 rings (SSSR count). The number of benzene rings is 2. The summed E-state index contributed by atoms with van der Waals surface area (Å²) < 4.78 is 5.28. The fourth-order valence-corrected chi connectivity index (χ4v) is 3.52. The van der Waals surface area contributed by atoms with Gasteiger partial charge in [-0.2, -0.15) is 0 Å². The van der Waals surface area contributed by atoms with Gasteiger partial charge in [-0.15, -0.1) is 0 Å². The lowest BCUT2D eigenvalue weighted by atomic mass is 10.1. The number of rotatable bonds is 6. The van der Waals surface area contributed by atoms with Gasteiger partial charge < -0.3 is 4.52 Å². The zero-order chi connectivity index (χ0) is 20.1. The van der Waals surface area contributed by atoms with E-state index in [0.717, 1.165) is 44.0 Å². The van der Waals surface area contributed by atoms with Gasteiger partial charge in [-0.3, -0.25) is 19.9 Å². The van der Waals surface area contributed by atoms with Gasteiger partial charge in [0.1, 0.15) is 5.69 Å². The molecule has 1 amide bonds. The third kappa shape index (κ3) is 5.31. The predicted octanol–water partition coefficient (Wildman–Crippen LogP) is 3.41. The molecule has 1 aliphatic heterocycles. The van der Waals surface area contributed by atoms with Crippen molar-refractivity contribution in [2.75, 3.05) is 38.0 Å². The van der Waals surface area contributed by atoms with Crippen LogP contribution < -0.4 is 5.32 Å². The number of aryl methyl sites for hydroxylation is 1. The SMILES string of the molecule is Cc1ccc(-c2cc(NC(=O)CN3CCN(Cc4ccccc4)CC3)on2)cc1. The molecule has 2 aromatic carbocycles. The van der Waals surface area contributed by atoms with Crippen molar-refractivity contribution < 1.29 is 9.32 Å². The van der Waals surface area contributed by atoms with Crippen molar-refractivity contribution >= 4 is 11.8 Å². The van der Waals surface area contributed by atoms with Crippen molar-refractivity contribution in [1.29, 1.82) is 0 Å². The van der Waals surface area contributed by atoms with Crippen molar-refractivity contribution in [1.82, 2.24) is 15.0 Å². The Morgan fingerprint density at radius 2 is 1.69 bits per heavy atom. The molecule has 1 aliphatic rings. The van der Waals surface area contributed by atoms with Crippen LogP contribution in [-0.4, -0.2) is 53.6 Å². The number of aromatic nitrogens is 1. The third-order valence-corrected chi connectivity index (χ3v) is 5.20. The lowest BCUT2D eigenvalue weighted by Crippen LogP contribution is -2.48. The van der Waals surface area contributed by atoms with Gasteiger partial charge >= 0.3 is 0 Å². The topological polar surface area (TPSA) is 61.6 Å². The van der Waals surface area contributed by atoms with Gasteiger partial charge in [0.25, 0.3) is 0 Å². The molecule has 3 aromatic rings. The molecular formula is C23H26N4O2. The smallest absolute Gasteiger partial charge is 0.240 e. The van der Waals surface area contributed by atoms with Gasteiger partial charge in [0.2, 0.25) is 11.8 Å². The van der Waals surface area contributed by atoms with Crippen molar-refractivity contribution in [2.24, 2.45) is 0 Å². The molecule has 1 fully saturated rings. The van der Waals surface area contributed by atoms with E-state index in [1.165, 1.54) is 11.1 Å². The Morgan fingerprint density at radius 1 is 1.00 bits per heavy atom. The summed E-state index contributed by atoms with van der Waals surface area (Å²) in [6, 6.07) is 20.3. The van der Waals surface area contributed by atoms with Gasteiger partial charge in [-0.1, -0.05) is 65.3 Å². The monoisotopic (exact) mass is 390 g/mol. The van der Waals surface area contributed by atoms with Gasteiger partial charge in [-0.05, 0) is 12.5 Å². The van der Waals surface area contributed by atoms with Crippen LogP contribution in [0, 0.1) is 6.92 Å². The Hall–Kier alpha value is -2.96. The van der Waals surface area contributed by atoms with Gasteiger partial charge in [0, 0.05) is 44.4 Å². The highest BCUT2D eigenvalue weighted by atomic mass is 16.5. The first-order chi connectivity index (χ1) is 14.2. The van der Waals surface area contributed by atoms with Crippen LogP contribution in [0.2, 0.25) is 0 Å². The summed E-state index contributed by atoms with van der Waals surface area (Å²) in [7, 11) is 0. The molecule has 0 bridgehead atoms. The summed E-state index contributed by atoms with van der Waals surface area (Å²) in [4.78, 5) is 17.0. The minimum absolute atomic E-state index is 0.0758. The van der Waals surface area contributed by atoms with Gasteiger partial charge in [-0.25, -0.2) is 0 Å². The molecule has 0 saturated carbocycles. The number of piperazine rings is 1. The van der Waals surface area contributed by atoms with E-state index < -0.39 is 0 Å². The highest BCUT2D eigenvalue weighted by Gasteiger charge is 2.19.